The molecule has 0 spiro atoms. The van der Waals surface area contributed by atoms with Crippen molar-refractivity contribution in [3.05, 3.63) is 35.5 Å². The van der Waals surface area contributed by atoms with Gasteiger partial charge in [-0.05, 0) is 36.8 Å². The van der Waals surface area contributed by atoms with Gasteiger partial charge >= 0.3 is 0 Å². The Balaban J connectivity index is 2.36. The highest BCUT2D eigenvalue weighted by Crippen LogP contribution is 2.33. The van der Waals surface area contributed by atoms with Gasteiger partial charge in [0.15, 0.2) is 0 Å². The van der Waals surface area contributed by atoms with E-state index in [1.54, 1.807) is 6.92 Å². The summed E-state index contributed by atoms with van der Waals surface area (Å²) in [5.41, 5.74) is 3.73. The van der Waals surface area contributed by atoms with Crippen LogP contribution in [-0.4, -0.2) is 10.5 Å². The zero-order valence-electron chi connectivity index (χ0n) is 10.4. The van der Waals surface area contributed by atoms with Crippen molar-refractivity contribution >= 4 is 16.8 Å². The maximum absolute atomic E-state index is 11.8. The molecule has 1 aromatic heterocycles. The van der Waals surface area contributed by atoms with E-state index in [0.29, 0.717) is 0 Å². The summed E-state index contributed by atoms with van der Waals surface area (Å²) in [6.45, 7) is 3.95. The molecule has 88 valence electrons. The average molecular weight is 227 g/mol. The van der Waals surface area contributed by atoms with Gasteiger partial charge in [0, 0.05) is 18.0 Å². The summed E-state index contributed by atoms with van der Waals surface area (Å²) in [5, 5.41) is 1.27. The van der Waals surface area contributed by atoms with E-state index in [9.17, 15) is 4.79 Å². The lowest BCUT2D eigenvalue weighted by Crippen LogP contribution is -2.16. The molecule has 0 aliphatic heterocycles. The zero-order chi connectivity index (χ0) is 12.0. The Morgan fingerprint density at radius 1 is 1.35 bits per heavy atom. The minimum absolute atomic E-state index is 0.136. The first-order valence-corrected chi connectivity index (χ1v) is 6.30. The smallest absolute Gasteiger partial charge is 0.228 e. The molecule has 0 saturated heterocycles. The predicted molar refractivity (Wildman–Crippen MR) is 69.4 cm³/mol. The van der Waals surface area contributed by atoms with Crippen LogP contribution in [0.1, 0.15) is 36.3 Å². The number of para-hydroxylation sites is 1. The van der Waals surface area contributed by atoms with Gasteiger partial charge in [0.1, 0.15) is 0 Å². The van der Waals surface area contributed by atoms with Gasteiger partial charge in [0.25, 0.3) is 0 Å². The molecule has 0 N–H and O–H groups in total. The van der Waals surface area contributed by atoms with Crippen LogP contribution in [0.5, 0.6) is 0 Å². The van der Waals surface area contributed by atoms with Crippen LogP contribution in [0.2, 0.25) is 0 Å². The Hall–Kier alpha value is -1.57. The number of aromatic nitrogens is 1. The van der Waals surface area contributed by atoms with E-state index in [0.717, 1.165) is 24.3 Å². The van der Waals surface area contributed by atoms with Gasteiger partial charge in [-0.1, -0.05) is 25.1 Å². The first kappa shape index (κ1) is 10.6. The maximum Gasteiger partial charge on any atom is 0.228 e. The van der Waals surface area contributed by atoms with Crippen LogP contribution in [0.4, 0.5) is 0 Å². The normalized spacial score (nSPS) is 19.3. The van der Waals surface area contributed by atoms with Crippen molar-refractivity contribution in [3.63, 3.8) is 0 Å². The minimum Gasteiger partial charge on any atom is -0.284 e. The SMILES string of the molecule is CC(=O)n1c2c(c3ccccc31)CC(C)CC2. The standard InChI is InChI=1S/C15H17NO/c1-10-7-8-15-13(9-10)12-5-3-4-6-14(12)16(15)11(2)17/h3-6,10H,7-9H2,1-2H3. The number of nitrogens with zero attached hydrogens (tertiary/aromatic N) is 1. The summed E-state index contributed by atoms with van der Waals surface area (Å²) >= 11 is 0. The number of rotatable bonds is 0. The molecule has 1 heterocycles. The Labute approximate surface area is 101 Å². The predicted octanol–water partition coefficient (Wildman–Crippen LogP) is 3.43. The highest BCUT2D eigenvalue weighted by atomic mass is 16.1. The fourth-order valence-corrected chi connectivity index (χ4v) is 3.04. The second kappa shape index (κ2) is 3.73. The van der Waals surface area contributed by atoms with E-state index >= 15 is 0 Å². The summed E-state index contributed by atoms with van der Waals surface area (Å²) in [6, 6.07) is 8.27. The maximum atomic E-state index is 11.8. The van der Waals surface area contributed by atoms with Crippen molar-refractivity contribution in [1.29, 1.82) is 0 Å². The van der Waals surface area contributed by atoms with Gasteiger partial charge in [0.05, 0.1) is 5.52 Å². The van der Waals surface area contributed by atoms with Gasteiger partial charge in [0.2, 0.25) is 5.91 Å². The molecule has 1 aliphatic rings. The molecule has 1 aliphatic carbocycles. The van der Waals surface area contributed by atoms with Gasteiger partial charge in [-0.3, -0.25) is 9.36 Å². The first-order chi connectivity index (χ1) is 8.18. The lowest BCUT2D eigenvalue weighted by atomic mass is 9.88. The van der Waals surface area contributed by atoms with Crippen LogP contribution in [0, 0.1) is 5.92 Å². The first-order valence-electron chi connectivity index (χ1n) is 6.30. The van der Waals surface area contributed by atoms with Crippen LogP contribution in [0.3, 0.4) is 0 Å². The molecule has 1 aromatic carbocycles. The van der Waals surface area contributed by atoms with Crippen molar-refractivity contribution < 1.29 is 4.79 Å². The van der Waals surface area contributed by atoms with E-state index in [1.807, 2.05) is 10.6 Å². The third kappa shape index (κ3) is 1.51. The Morgan fingerprint density at radius 3 is 2.88 bits per heavy atom. The van der Waals surface area contributed by atoms with Crippen molar-refractivity contribution in [2.75, 3.05) is 0 Å². The highest BCUT2D eigenvalue weighted by Gasteiger charge is 2.24. The topological polar surface area (TPSA) is 22.0 Å². The van der Waals surface area contributed by atoms with E-state index in [4.69, 9.17) is 0 Å². The molecule has 0 radical (unpaired) electrons. The molecule has 2 heteroatoms. The lowest BCUT2D eigenvalue weighted by molar-refractivity contribution is 0.0937. The van der Waals surface area contributed by atoms with Gasteiger partial charge in [-0.15, -0.1) is 0 Å². The molecule has 17 heavy (non-hydrogen) atoms. The van der Waals surface area contributed by atoms with Crippen LogP contribution < -0.4 is 0 Å². The quantitative estimate of drug-likeness (QED) is 0.676. The molecule has 0 amide bonds. The van der Waals surface area contributed by atoms with Crippen molar-refractivity contribution in [1.82, 2.24) is 4.57 Å². The summed E-state index contributed by atoms with van der Waals surface area (Å²) in [7, 11) is 0. The van der Waals surface area contributed by atoms with Gasteiger partial charge in [-0.2, -0.15) is 0 Å². The fourth-order valence-electron chi connectivity index (χ4n) is 3.04. The highest BCUT2D eigenvalue weighted by molar-refractivity contribution is 5.95. The van der Waals surface area contributed by atoms with E-state index in [1.165, 1.54) is 23.1 Å². The Morgan fingerprint density at radius 2 is 2.12 bits per heavy atom. The summed E-state index contributed by atoms with van der Waals surface area (Å²) in [4.78, 5) is 11.8. The molecule has 0 bridgehead atoms. The second-order valence-electron chi connectivity index (χ2n) is 5.14. The molecular formula is C15H17NO. The van der Waals surface area contributed by atoms with Gasteiger partial charge < -0.3 is 0 Å². The van der Waals surface area contributed by atoms with E-state index in [-0.39, 0.29) is 5.91 Å². The largest absolute Gasteiger partial charge is 0.284 e. The molecule has 3 rings (SSSR count). The molecule has 0 fully saturated rings. The fraction of sp³-hybridized carbons (Fsp3) is 0.400. The number of fused-ring (bicyclic) bond motifs is 3. The number of hydrogen-bond donors (Lipinski definition) is 0. The van der Waals surface area contributed by atoms with Crippen molar-refractivity contribution in [3.8, 4) is 0 Å². The monoisotopic (exact) mass is 227 g/mol. The van der Waals surface area contributed by atoms with Crippen molar-refractivity contribution in [2.24, 2.45) is 5.92 Å². The summed E-state index contributed by atoms with van der Waals surface area (Å²) < 4.78 is 1.91. The number of benzene rings is 1. The lowest BCUT2D eigenvalue weighted by Gasteiger charge is -2.19. The third-order valence-corrected chi connectivity index (χ3v) is 3.83. The summed E-state index contributed by atoms with van der Waals surface area (Å²) in [5.74, 6) is 0.866. The van der Waals surface area contributed by atoms with Crippen molar-refractivity contribution in [2.45, 2.75) is 33.1 Å². The molecule has 2 nitrogen and oxygen atoms in total. The second-order valence-corrected chi connectivity index (χ2v) is 5.14. The molecule has 2 aromatic rings. The minimum atomic E-state index is 0.136. The average Bonchev–Trinajstić information content (AvgIpc) is 2.63. The molecule has 0 saturated carbocycles. The Kier molecular flexibility index (Phi) is 2.32. The van der Waals surface area contributed by atoms with Crippen LogP contribution in [0.15, 0.2) is 24.3 Å². The van der Waals surface area contributed by atoms with E-state index in [2.05, 4.69) is 25.1 Å². The number of hydrogen-bond acceptors (Lipinski definition) is 1. The van der Waals surface area contributed by atoms with Crippen LogP contribution in [0.25, 0.3) is 10.9 Å². The molecular weight excluding hydrogens is 210 g/mol. The molecule has 1 unspecified atom stereocenters. The summed E-state index contributed by atoms with van der Waals surface area (Å²) in [6.07, 6.45) is 3.33. The molecule has 1 atom stereocenters. The zero-order valence-corrected chi connectivity index (χ0v) is 10.4. The van der Waals surface area contributed by atoms with Gasteiger partial charge in [-0.25, -0.2) is 0 Å². The number of carbonyl (C=O) groups excluding carboxylic acids is 1. The third-order valence-electron chi connectivity index (χ3n) is 3.83. The Bertz CT molecular complexity index is 594. The van der Waals surface area contributed by atoms with Crippen LogP contribution >= 0.6 is 0 Å². The number of carbonyl (C=O) groups is 1. The van der Waals surface area contributed by atoms with Crippen LogP contribution in [-0.2, 0) is 12.8 Å². The van der Waals surface area contributed by atoms with E-state index < -0.39 is 0 Å².